The third-order valence-electron chi connectivity index (χ3n) is 12.2. The van der Waals surface area contributed by atoms with Gasteiger partial charge in [-0.3, -0.25) is 10.1 Å². The van der Waals surface area contributed by atoms with Gasteiger partial charge in [0, 0.05) is 6.42 Å². The van der Waals surface area contributed by atoms with Crippen molar-refractivity contribution in [3.8, 4) is 0 Å². The van der Waals surface area contributed by atoms with Crippen molar-refractivity contribution >= 4 is 5.97 Å². The maximum absolute atomic E-state index is 11.6. The molecule has 0 amide bonds. The monoisotopic (exact) mass is 472 g/mol. The first kappa shape index (κ1) is 25.9. The van der Waals surface area contributed by atoms with Crippen LogP contribution in [0.3, 0.4) is 0 Å². The zero-order valence-corrected chi connectivity index (χ0v) is 22.3. The zero-order chi connectivity index (χ0) is 25.1. The molecule has 0 aromatic rings. The Balaban J connectivity index is 1.57. The van der Waals surface area contributed by atoms with Crippen LogP contribution in [0, 0.1) is 45.3 Å². The van der Waals surface area contributed by atoms with Crippen LogP contribution >= 0.6 is 0 Å². The van der Waals surface area contributed by atoms with Gasteiger partial charge in [-0.15, -0.1) is 0 Å². The van der Waals surface area contributed by atoms with Gasteiger partial charge in [0.15, 0.2) is 0 Å². The van der Waals surface area contributed by atoms with Crippen LogP contribution in [0.15, 0.2) is 24.3 Å². The lowest BCUT2D eigenvalue weighted by Gasteiger charge is -2.61. The van der Waals surface area contributed by atoms with Gasteiger partial charge in [-0.1, -0.05) is 39.5 Å². The molecule has 0 aliphatic heterocycles. The first-order valence-corrected chi connectivity index (χ1v) is 13.7. The quantitative estimate of drug-likeness (QED) is 0.193. The molecule has 4 saturated carbocycles. The summed E-state index contributed by atoms with van der Waals surface area (Å²) in [5.74, 6) is 1.81. The predicted octanol–water partition coefficient (Wildman–Crippen LogP) is 7.90. The summed E-state index contributed by atoms with van der Waals surface area (Å²) in [7, 11) is 0. The van der Waals surface area contributed by atoms with Crippen LogP contribution in [-0.2, 0) is 9.68 Å². The highest BCUT2D eigenvalue weighted by atomic mass is 17.1. The molecular weight excluding hydrogens is 424 g/mol. The number of rotatable bonds is 10. The Morgan fingerprint density at radius 1 is 1.06 bits per heavy atom. The molecule has 0 bridgehead atoms. The average Bonchev–Trinajstić information content (AvgIpc) is 3.35. The topological polar surface area (TPSA) is 66.8 Å². The highest BCUT2D eigenvalue weighted by Crippen LogP contribution is 2.87. The number of carboxylic acids is 1. The molecule has 4 aliphatic rings. The fraction of sp³-hybridized carbons (Fsp3) is 0.833. The second-order valence-corrected chi connectivity index (χ2v) is 13.4. The maximum Gasteiger partial charge on any atom is 0.303 e. The lowest BCUT2D eigenvalue weighted by Crippen LogP contribution is -2.54. The second-order valence-electron chi connectivity index (χ2n) is 13.4. The molecule has 4 fully saturated rings. The van der Waals surface area contributed by atoms with E-state index in [4.69, 9.17) is 4.89 Å². The van der Waals surface area contributed by atoms with E-state index >= 15 is 0 Å². The zero-order valence-electron chi connectivity index (χ0n) is 22.3. The number of carbonyl (C=O) groups is 1. The highest BCUT2D eigenvalue weighted by Gasteiger charge is 2.80. The Hall–Kier alpha value is -1.13. The van der Waals surface area contributed by atoms with Gasteiger partial charge in [0.1, 0.15) is 6.10 Å². The first-order valence-electron chi connectivity index (χ1n) is 13.7. The van der Waals surface area contributed by atoms with E-state index in [1.165, 1.54) is 50.5 Å². The molecule has 4 rings (SSSR count). The molecule has 4 nitrogen and oxygen atoms in total. The number of carboxylic acid groups (broad SMARTS) is 1. The SMILES string of the molecule is C=C(C)[C@@H](CC[C@@H](C)[C@H]1CC[C@@]2(C)[C@@H]3CC[C@@H](C(=C)C)[C@@]4(CCC(=O)O)C[C@@]34CC[C@]12C)OO. The van der Waals surface area contributed by atoms with Gasteiger partial charge in [-0.2, -0.15) is 0 Å². The summed E-state index contributed by atoms with van der Waals surface area (Å²) in [6.07, 6.45) is 11.5. The van der Waals surface area contributed by atoms with Crippen molar-refractivity contribution in [2.45, 2.75) is 111 Å². The van der Waals surface area contributed by atoms with Gasteiger partial charge in [0.25, 0.3) is 0 Å². The second kappa shape index (κ2) is 8.76. The Kier molecular flexibility index (Phi) is 6.69. The van der Waals surface area contributed by atoms with Gasteiger partial charge in [0.05, 0.1) is 0 Å². The standard InChI is InChI=1S/C30H48O4/c1-19(2)22-9-11-25-28(7)14-12-23(21(5)8-10-24(34-33)20(3)4)27(28,6)16-17-30(25)18-29(22,30)15-13-26(31)32/h21-25,33H,1,3,8-18H2,2,4-7H3,(H,31,32)/t21-,22+,23-,24-,25+,27-,28+,29-,30+/m1/s1. The van der Waals surface area contributed by atoms with Crippen LogP contribution in [0.4, 0.5) is 0 Å². The summed E-state index contributed by atoms with van der Waals surface area (Å²) < 4.78 is 0. The van der Waals surface area contributed by atoms with Crippen LogP contribution in [0.25, 0.3) is 0 Å². The van der Waals surface area contributed by atoms with Crippen LogP contribution in [0.5, 0.6) is 0 Å². The normalized spacial score (nSPS) is 44.4. The summed E-state index contributed by atoms with van der Waals surface area (Å²) in [5, 5.41) is 18.8. The number of fused-ring (bicyclic) bond motifs is 2. The third kappa shape index (κ3) is 3.57. The summed E-state index contributed by atoms with van der Waals surface area (Å²) in [6, 6.07) is 0. The molecule has 0 saturated heterocycles. The van der Waals surface area contributed by atoms with Crippen LogP contribution in [-0.4, -0.2) is 22.4 Å². The molecule has 0 unspecified atom stereocenters. The minimum absolute atomic E-state index is 0.168. The molecule has 0 aromatic heterocycles. The van der Waals surface area contributed by atoms with E-state index in [0.717, 1.165) is 24.8 Å². The molecule has 192 valence electrons. The Labute approximate surface area is 207 Å². The number of allylic oxidation sites excluding steroid dienone is 1. The lowest BCUT2D eigenvalue weighted by molar-refractivity contribution is -0.270. The first-order chi connectivity index (χ1) is 15.9. The Morgan fingerprint density at radius 2 is 1.76 bits per heavy atom. The van der Waals surface area contributed by atoms with Gasteiger partial charge in [0.2, 0.25) is 0 Å². The van der Waals surface area contributed by atoms with E-state index in [1.54, 1.807) is 0 Å². The Bertz CT molecular complexity index is 849. The van der Waals surface area contributed by atoms with Gasteiger partial charge < -0.3 is 5.11 Å². The minimum atomic E-state index is -0.652. The number of hydrogen-bond acceptors (Lipinski definition) is 3. The van der Waals surface area contributed by atoms with Crippen molar-refractivity contribution in [2.24, 2.45) is 45.3 Å². The summed E-state index contributed by atoms with van der Waals surface area (Å²) in [6.45, 7) is 20.0. The van der Waals surface area contributed by atoms with Gasteiger partial charge in [-0.05, 0) is 129 Å². The maximum atomic E-state index is 11.6. The van der Waals surface area contributed by atoms with E-state index in [-0.39, 0.29) is 11.5 Å². The molecule has 4 heteroatoms. The van der Waals surface area contributed by atoms with E-state index in [2.05, 4.69) is 40.9 Å². The van der Waals surface area contributed by atoms with Crippen molar-refractivity contribution in [1.29, 1.82) is 0 Å². The Morgan fingerprint density at radius 3 is 2.35 bits per heavy atom. The molecule has 4 aliphatic carbocycles. The molecule has 9 atom stereocenters. The average molecular weight is 473 g/mol. The molecule has 1 spiro atoms. The van der Waals surface area contributed by atoms with E-state index in [1.807, 2.05) is 6.92 Å². The van der Waals surface area contributed by atoms with Crippen molar-refractivity contribution in [3.63, 3.8) is 0 Å². The van der Waals surface area contributed by atoms with Crippen LogP contribution in [0.2, 0.25) is 0 Å². The van der Waals surface area contributed by atoms with E-state index < -0.39 is 5.97 Å². The van der Waals surface area contributed by atoms with Gasteiger partial charge >= 0.3 is 5.97 Å². The van der Waals surface area contributed by atoms with Crippen LogP contribution in [0.1, 0.15) is 105 Å². The molecule has 2 N–H and O–H groups in total. The van der Waals surface area contributed by atoms with Gasteiger partial charge in [-0.25, -0.2) is 4.89 Å². The van der Waals surface area contributed by atoms with E-state index in [9.17, 15) is 15.2 Å². The van der Waals surface area contributed by atoms with E-state index in [0.29, 0.717) is 46.3 Å². The highest BCUT2D eigenvalue weighted by molar-refractivity contribution is 5.67. The summed E-state index contributed by atoms with van der Waals surface area (Å²) in [5.41, 5.74) is 3.29. The smallest absolute Gasteiger partial charge is 0.303 e. The molecule has 0 radical (unpaired) electrons. The van der Waals surface area contributed by atoms with Crippen molar-refractivity contribution in [2.75, 3.05) is 0 Å². The van der Waals surface area contributed by atoms with Crippen molar-refractivity contribution in [1.82, 2.24) is 0 Å². The fourth-order valence-electron chi connectivity index (χ4n) is 10.3. The lowest BCUT2D eigenvalue weighted by atomic mass is 9.43. The molecule has 0 heterocycles. The largest absolute Gasteiger partial charge is 0.481 e. The fourth-order valence-corrected chi connectivity index (χ4v) is 10.3. The van der Waals surface area contributed by atoms with Crippen molar-refractivity contribution < 1.29 is 20.0 Å². The number of aliphatic carboxylic acids is 1. The molecular formula is C30H48O4. The summed E-state index contributed by atoms with van der Waals surface area (Å²) in [4.78, 5) is 16.3. The van der Waals surface area contributed by atoms with Crippen molar-refractivity contribution in [3.05, 3.63) is 24.3 Å². The third-order valence-corrected chi connectivity index (χ3v) is 12.2. The molecule has 34 heavy (non-hydrogen) atoms. The van der Waals surface area contributed by atoms with Crippen LogP contribution < -0.4 is 0 Å². The minimum Gasteiger partial charge on any atom is -0.481 e. The molecule has 0 aromatic carbocycles. The number of hydrogen-bond donors (Lipinski definition) is 2. The predicted molar refractivity (Wildman–Crippen MR) is 136 cm³/mol. The summed E-state index contributed by atoms with van der Waals surface area (Å²) >= 11 is 0.